The number of hydrogen-bond acceptors (Lipinski definition) is 5. The van der Waals surface area contributed by atoms with Gasteiger partial charge in [0.15, 0.2) is 0 Å². The molecule has 6 heteroatoms. The van der Waals surface area contributed by atoms with Crippen molar-refractivity contribution in [1.29, 1.82) is 0 Å². The molecular weight excluding hydrogens is 372 g/mol. The Morgan fingerprint density at radius 3 is 2.24 bits per heavy atom. The van der Waals surface area contributed by atoms with Crippen molar-refractivity contribution < 1.29 is 29.0 Å². The van der Waals surface area contributed by atoms with Gasteiger partial charge in [-0.3, -0.25) is 4.79 Å². The molecule has 0 saturated carbocycles. The van der Waals surface area contributed by atoms with E-state index >= 15 is 0 Å². The van der Waals surface area contributed by atoms with E-state index in [1.165, 1.54) is 12.1 Å². The van der Waals surface area contributed by atoms with Crippen molar-refractivity contribution >= 4 is 17.9 Å². The van der Waals surface area contributed by atoms with Gasteiger partial charge < -0.3 is 14.6 Å². The average Bonchev–Trinajstić information content (AvgIpc) is 2.75. The number of carbonyl (C=O) groups excluding carboxylic acids is 2. The molecule has 0 amide bonds. The predicted octanol–water partition coefficient (Wildman–Crippen LogP) is 4.48. The Hall–Kier alpha value is -3.15. The normalized spacial score (nSPS) is 11.5. The highest BCUT2D eigenvalue weighted by Crippen LogP contribution is 2.16. The first-order chi connectivity index (χ1) is 14.0. The second-order valence-corrected chi connectivity index (χ2v) is 6.76. The van der Waals surface area contributed by atoms with Crippen LogP contribution in [0.1, 0.15) is 58.9 Å². The summed E-state index contributed by atoms with van der Waals surface area (Å²) in [4.78, 5) is 35.3. The second-order valence-electron chi connectivity index (χ2n) is 6.76. The van der Waals surface area contributed by atoms with Crippen LogP contribution in [0.5, 0.6) is 0 Å². The summed E-state index contributed by atoms with van der Waals surface area (Å²) < 4.78 is 10.6. The number of hydrogen-bond donors (Lipinski definition) is 1. The number of aromatic carboxylic acids is 1. The molecule has 1 atom stereocenters. The molecule has 154 valence electrons. The fourth-order valence-electron chi connectivity index (χ4n) is 2.87. The Balaban J connectivity index is 1.73. The Labute approximate surface area is 170 Å². The van der Waals surface area contributed by atoms with Crippen LogP contribution in [-0.2, 0) is 20.9 Å². The molecule has 0 aliphatic carbocycles. The van der Waals surface area contributed by atoms with Gasteiger partial charge in [-0.15, -0.1) is 0 Å². The molecule has 2 rings (SSSR count). The number of carbonyl (C=O) groups is 3. The van der Waals surface area contributed by atoms with Gasteiger partial charge in [-0.25, -0.2) is 9.59 Å². The number of esters is 2. The van der Waals surface area contributed by atoms with Gasteiger partial charge in [0.05, 0.1) is 17.7 Å². The van der Waals surface area contributed by atoms with E-state index in [1.54, 1.807) is 12.1 Å². The molecule has 0 spiro atoms. The van der Waals surface area contributed by atoms with Crippen LogP contribution in [0, 0.1) is 5.92 Å². The zero-order valence-corrected chi connectivity index (χ0v) is 16.5. The van der Waals surface area contributed by atoms with Crippen LogP contribution >= 0.6 is 0 Å². The van der Waals surface area contributed by atoms with E-state index < -0.39 is 11.9 Å². The quantitative estimate of drug-likeness (QED) is 0.561. The molecule has 2 aromatic carbocycles. The fourth-order valence-corrected chi connectivity index (χ4v) is 2.87. The molecule has 0 heterocycles. The van der Waals surface area contributed by atoms with Gasteiger partial charge >= 0.3 is 17.9 Å². The topological polar surface area (TPSA) is 89.9 Å². The molecule has 2 aromatic rings. The molecule has 1 N–H and O–H groups in total. The third kappa shape index (κ3) is 7.41. The molecule has 0 saturated heterocycles. The average molecular weight is 398 g/mol. The van der Waals surface area contributed by atoms with Crippen molar-refractivity contribution in [3.05, 3.63) is 71.3 Å². The molecule has 0 aliphatic rings. The second kappa shape index (κ2) is 11.6. The molecule has 0 aliphatic heterocycles. The highest BCUT2D eigenvalue weighted by atomic mass is 16.5. The van der Waals surface area contributed by atoms with E-state index in [9.17, 15) is 19.5 Å². The van der Waals surface area contributed by atoms with E-state index in [1.807, 2.05) is 37.3 Å². The SMILES string of the molecule is CCC(CCCC(=O)OCc1ccccc1)COC(=O)c1ccccc1C(=O)O. The zero-order valence-electron chi connectivity index (χ0n) is 16.5. The summed E-state index contributed by atoms with van der Waals surface area (Å²) in [6, 6.07) is 15.5. The monoisotopic (exact) mass is 398 g/mol. The Kier molecular flexibility index (Phi) is 8.89. The molecule has 29 heavy (non-hydrogen) atoms. The summed E-state index contributed by atoms with van der Waals surface area (Å²) in [5.74, 6) is -1.98. The summed E-state index contributed by atoms with van der Waals surface area (Å²) in [6.45, 7) is 2.43. The van der Waals surface area contributed by atoms with E-state index in [2.05, 4.69) is 0 Å². The van der Waals surface area contributed by atoms with Gasteiger partial charge in [0.1, 0.15) is 6.61 Å². The van der Waals surface area contributed by atoms with E-state index in [0.717, 1.165) is 12.0 Å². The van der Waals surface area contributed by atoms with Crippen molar-refractivity contribution in [2.24, 2.45) is 5.92 Å². The minimum absolute atomic E-state index is 0.0411. The summed E-state index contributed by atoms with van der Waals surface area (Å²) >= 11 is 0. The van der Waals surface area contributed by atoms with Crippen LogP contribution in [0.15, 0.2) is 54.6 Å². The number of ether oxygens (including phenoxy) is 2. The van der Waals surface area contributed by atoms with Gasteiger partial charge in [0.2, 0.25) is 0 Å². The van der Waals surface area contributed by atoms with Crippen LogP contribution < -0.4 is 0 Å². The summed E-state index contributed by atoms with van der Waals surface area (Å²) in [5.41, 5.74) is 0.909. The van der Waals surface area contributed by atoms with Gasteiger partial charge in [0.25, 0.3) is 0 Å². The third-order valence-electron chi connectivity index (χ3n) is 4.64. The minimum atomic E-state index is -1.17. The number of carboxylic acids is 1. The van der Waals surface area contributed by atoms with Crippen LogP contribution in [-0.4, -0.2) is 29.6 Å². The molecule has 0 radical (unpaired) electrons. The van der Waals surface area contributed by atoms with Gasteiger partial charge in [-0.1, -0.05) is 55.8 Å². The summed E-state index contributed by atoms with van der Waals surface area (Å²) in [5, 5.41) is 9.17. The van der Waals surface area contributed by atoms with Gasteiger partial charge in [-0.2, -0.15) is 0 Å². The molecule has 6 nitrogen and oxygen atoms in total. The molecule has 0 fully saturated rings. The van der Waals surface area contributed by atoms with E-state index in [4.69, 9.17) is 9.47 Å². The highest BCUT2D eigenvalue weighted by molar-refractivity contribution is 6.02. The first-order valence-corrected chi connectivity index (χ1v) is 9.70. The first kappa shape index (κ1) is 22.1. The Morgan fingerprint density at radius 2 is 1.59 bits per heavy atom. The van der Waals surface area contributed by atoms with E-state index in [-0.39, 0.29) is 36.2 Å². The van der Waals surface area contributed by atoms with Gasteiger partial charge in [-0.05, 0) is 36.5 Å². The van der Waals surface area contributed by atoms with Crippen molar-refractivity contribution in [2.75, 3.05) is 6.61 Å². The number of carboxylic acid groups (broad SMARTS) is 1. The van der Waals surface area contributed by atoms with E-state index in [0.29, 0.717) is 19.3 Å². The Morgan fingerprint density at radius 1 is 0.931 bits per heavy atom. The lowest BCUT2D eigenvalue weighted by molar-refractivity contribution is -0.145. The number of benzene rings is 2. The minimum Gasteiger partial charge on any atom is -0.478 e. The standard InChI is InChI=1S/C23H26O6/c1-2-17(11-8-14-21(24)28-16-18-9-4-3-5-10-18)15-29-23(27)20-13-7-6-12-19(20)22(25)26/h3-7,9-10,12-13,17H,2,8,11,14-16H2,1H3,(H,25,26). The maximum Gasteiger partial charge on any atom is 0.339 e. The maximum absolute atomic E-state index is 12.2. The van der Waals surface area contributed by atoms with Crippen LogP contribution in [0.3, 0.4) is 0 Å². The predicted molar refractivity (Wildman–Crippen MR) is 108 cm³/mol. The largest absolute Gasteiger partial charge is 0.478 e. The fraction of sp³-hybridized carbons (Fsp3) is 0.348. The molecule has 0 bridgehead atoms. The maximum atomic E-state index is 12.2. The molecular formula is C23H26O6. The zero-order chi connectivity index (χ0) is 21.1. The van der Waals surface area contributed by atoms with Crippen molar-refractivity contribution in [1.82, 2.24) is 0 Å². The molecule has 0 aromatic heterocycles. The highest BCUT2D eigenvalue weighted by Gasteiger charge is 2.18. The third-order valence-corrected chi connectivity index (χ3v) is 4.64. The lowest BCUT2D eigenvalue weighted by Gasteiger charge is -2.15. The van der Waals surface area contributed by atoms with Crippen LogP contribution in [0.4, 0.5) is 0 Å². The smallest absolute Gasteiger partial charge is 0.339 e. The van der Waals surface area contributed by atoms with Crippen molar-refractivity contribution in [2.45, 2.75) is 39.2 Å². The lowest BCUT2D eigenvalue weighted by Crippen LogP contribution is -2.17. The van der Waals surface area contributed by atoms with Gasteiger partial charge in [0, 0.05) is 6.42 Å². The summed E-state index contributed by atoms with van der Waals surface area (Å²) in [7, 11) is 0. The van der Waals surface area contributed by atoms with Crippen LogP contribution in [0.25, 0.3) is 0 Å². The van der Waals surface area contributed by atoms with Crippen molar-refractivity contribution in [3.8, 4) is 0 Å². The van der Waals surface area contributed by atoms with Crippen LogP contribution in [0.2, 0.25) is 0 Å². The summed E-state index contributed by atoms with van der Waals surface area (Å²) in [6.07, 6.45) is 2.44. The van der Waals surface area contributed by atoms with Crippen molar-refractivity contribution in [3.63, 3.8) is 0 Å². The first-order valence-electron chi connectivity index (χ1n) is 9.70. The lowest BCUT2D eigenvalue weighted by atomic mass is 10.00. The Bertz CT molecular complexity index is 815. The molecule has 1 unspecified atom stereocenters. The number of rotatable bonds is 11.